The Balaban J connectivity index is 1.75. The number of methoxy groups -OCH3 is 1. The molecule has 6 nitrogen and oxygen atoms in total. The molecule has 0 radical (unpaired) electrons. The number of carbonyl (C=O) groups excluding carboxylic acids is 2. The van der Waals surface area contributed by atoms with Gasteiger partial charge in [-0.2, -0.15) is 0 Å². The van der Waals surface area contributed by atoms with Gasteiger partial charge in [0.2, 0.25) is 0 Å². The zero-order chi connectivity index (χ0) is 21.1. The van der Waals surface area contributed by atoms with E-state index in [1.54, 1.807) is 37.5 Å². The van der Waals surface area contributed by atoms with E-state index in [9.17, 15) is 14.7 Å². The van der Waals surface area contributed by atoms with Crippen LogP contribution in [0.5, 0.6) is 11.5 Å². The Morgan fingerprint density at radius 1 is 1.03 bits per heavy atom. The number of aryl methyl sites for hydroxylation is 1. The number of rotatable bonds is 11. The van der Waals surface area contributed by atoms with E-state index in [0.29, 0.717) is 24.3 Å². The van der Waals surface area contributed by atoms with Crippen LogP contribution < -0.4 is 9.47 Å². The topological polar surface area (TPSA) is 82.1 Å². The molecule has 0 bridgehead atoms. The molecule has 6 heteroatoms. The SMILES string of the molecule is COCOc1ccc(C=CC(=O)CC(O)CCc2ccc(OC(C)=O)cc2)cc1. The molecule has 1 N–H and O–H groups in total. The van der Waals surface area contributed by atoms with Crippen LogP contribution in [0, 0.1) is 0 Å². The fourth-order valence-corrected chi connectivity index (χ4v) is 2.62. The third-order valence-electron chi connectivity index (χ3n) is 4.07. The second-order valence-corrected chi connectivity index (χ2v) is 6.55. The number of carbonyl (C=O) groups is 2. The maximum Gasteiger partial charge on any atom is 0.308 e. The van der Waals surface area contributed by atoms with Crippen molar-refractivity contribution in [2.75, 3.05) is 13.9 Å². The first-order valence-electron chi connectivity index (χ1n) is 9.34. The number of aliphatic hydroxyl groups excluding tert-OH is 1. The average molecular weight is 398 g/mol. The van der Waals surface area contributed by atoms with Crippen molar-refractivity contribution < 1.29 is 28.9 Å². The van der Waals surface area contributed by atoms with Crippen molar-refractivity contribution in [2.24, 2.45) is 0 Å². The van der Waals surface area contributed by atoms with Crippen LogP contribution in [0.15, 0.2) is 54.6 Å². The molecule has 0 spiro atoms. The summed E-state index contributed by atoms with van der Waals surface area (Å²) in [7, 11) is 1.55. The lowest BCUT2D eigenvalue weighted by Crippen LogP contribution is -2.13. The van der Waals surface area contributed by atoms with E-state index < -0.39 is 6.10 Å². The number of benzene rings is 2. The minimum Gasteiger partial charge on any atom is -0.468 e. The Hall–Kier alpha value is -2.96. The van der Waals surface area contributed by atoms with Gasteiger partial charge in [-0.05, 0) is 54.3 Å². The van der Waals surface area contributed by atoms with Crippen LogP contribution in [0.4, 0.5) is 0 Å². The largest absolute Gasteiger partial charge is 0.468 e. The molecule has 0 saturated heterocycles. The smallest absolute Gasteiger partial charge is 0.308 e. The van der Waals surface area contributed by atoms with Gasteiger partial charge in [-0.1, -0.05) is 30.3 Å². The second kappa shape index (κ2) is 11.8. The number of hydrogen-bond acceptors (Lipinski definition) is 6. The van der Waals surface area contributed by atoms with Crippen molar-refractivity contribution >= 4 is 17.8 Å². The molecule has 1 unspecified atom stereocenters. The fraction of sp³-hybridized carbons (Fsp3) is 0.304. The minimum atomic E-state index is -0.717. The van der Waals surface area contributed by atoms with Gasteiger partial charge < -0.3 is 19.3 Å². The lowest BCUT2D eigenvalue weighted by atomic mass is 10.0. The summed E-state index contributed by atoms with van der Waals surface area (Å²) >= 11 is 0. The lowest BCUT2D eigenvalue weighted by molar-refractivity contribution is -0.131. The van der Waals surface area contributed by atoms with E-state index in [1.807, 2.05) is 24.3 Å². The molecule has 0 aliphatic carbocycles. The Morgan fingerprint density at radius 2 is 1.69 bits per heavy atom. The first-order chi connectivity index (χ1) is 14.0. The molecule has 0 amide bonds. The van der Waals surface area contributed by atoms with E-state index in [-0.39, 0.29) is 25.0 Å². The molecule has 2 aromatic carbocycles. The summed E-state index contributed by atoms with van der Waals surface area (Å²) in [4.78, 5) is 23.0. The molecule has 154 valence electrons. The number of esters is 1. The van der Waals surface area contributed by atoms with Crippen molar-refractivity contribution in [1.29, 1.82) is 0 Å². The molecule has 1 atom stereocenters. The van der Waals surface area contributed by atoms with Gasteiger partial charge in [0.1, 0.15) is 11.5 Å². The minimum absolute atomic E-state index is 0.0665. The van der Waals surface area contributed by atoms with Crippen LogP contribution in [0.3, 0.4) is 0 Å². The molecule has 0 aliphatic rings. The van der Waals surface area contributed by atoms with Crippen LogP contribution in [0.1, 0.15) is 30.9 Å². The molecule has 0 aromatic heterocycles. The maximum absolute atomic E-state index is 12.1. The van der Waals surface area contributed by atoms with Gasteiger partial charge in [0.25, 0.3) is 0 Å². The number of allylic oxidation sites excluding steroid dienone is 1. The number of ether oxygens (including phenoxy) is 3. The molecule has 29 heavy (non-hydrogen) atoms. The summed E-state index contributed by atoms with van der Waals surface area (Å²) < 4.78 is 15.1. The maximum atomic E-state index is 12.1. The van der Waals surface area contributed by atoms with Crippen molar-refractivity contribution in [3.8, 4) is 11.5 Å². The van der Waals surface area contributed by atoms with Crippen LogP contribution >= 0.6 is 0 Å². The van der Waals surface area contributed by atoms with Gasteiger partial charge in [-0.15, -0.1) is 0 Å². The van der Waals surface area contributed by atoms with Gasteiger partial charge in [0.15, 0.2) is 12.6 Å². The third-order valence-corrected chi connectivity index (χ3v) is 4.07. The average Bonchev–Trinajstić information content (AvgIpc) is 2.70. The number of ketones is 1. The Labute approximate surface area is 170 Å². The van der Waals surface area contributed by atoms with Gasteiger partial charge in [0, 0.05) is 20.5 Å². The fourth-order valence-electron chi connectivity index (χ4n) is 2.62. The molecule has 0 aliphatic heterocycles. The van der Waals surface area contributed by atoms with E-state index in [0.717, 1.165) is 11.1 Å². The molecule has 0 fully saturated rings. The summed E-state index contributed by atoms with van der Waals surface area (Å²) in [5.74, 6) is 0.671. The molecule has 0 saturated carbocycles. The van der Waals surface area contributed by atoms with Gasteiger partial charge in [0.05, 0.1) is 6.10 Å². The van der Waals surface area contributed by atoms with Crippen molar-refractivity contribution in [3.63, 3.8) is 0 Å². The normalized spacial score (nSPS) is 12.0. The molecule has 2 aromatic rings. The van der Waals surface area contributed by atoms with Gasteiger partial charge in [-0.25, -0.2) is 0 Å². The van der Waals surface area contributed by atoms with Crippen LogP contribution in [-0.2, 0) is 20.7 Å². The first-order valence-corrected chi connectivity index (χ1v) is 9.34. The zero-order valence-corrected chi connectivity index (χ0v) is 16.7. The van der Waals surface area contributed by atoms with Crippen LogP contribution in [0.2, 0.25) is 0 Å². The van der Waals surface area contributed by atoms with Crippen molar-refractivity contribution in [2.45, 2.75) is 32.3 Å². The summed E-state index contributed by atoms with van der Waals surface area (Å²) in [6, 6.07) is 14.4. The van der Waals surface area contributed by atoms with Crippen molar-refractivity contribution in [1.82, 2.24) is 0 Å². The highest BCUT2D eigenvalue weighted by molar-refractivity contribution is 5.93. The van der Waals surface area contributed by atoms with Gasteiger partial charge in [-0.3, -0.25) is 9.59 Å². The molecular weight excluding hydrogens is 372 g/mol. The standard InChI is InChI=1S/C23H26O6/c1-17(24)29-23-13-7-19(8-14-23)4-10-21(26)15-20(25)9-3-18-5-11-22(12-6-18)28-16-27-2/h3,5-9,11-14,21,26H,4,10,15-16H2,1-2H3. The molecule has 2 rings (SSSR count). The van der Waals surface area contributed by atoms with E-state index in [4.69, 9.17) is 14.2 Å². The first kappa shape index (κ1) is 22.3. The van der Waals surface area contributed by atoms with E-state index in [1.165, 1.54) is 13.0 Å². The predicted octanol–water partition coefficient (Wildman–Crippen LogP) is 3.56. The quantitative estimate of drug-likeness (QED) is 0.270. The Bertz CT molecular complexity index is 808. The lowest BCUT2D eigenvalue weighted by Gasteiger charge is -2.09. The van der Waals surface area contributed by atoms with E-state index in [2.05, 4.69) is 0 Å². The monoisotopic (exact) mass is 398 g/mol. The van der Waals surface area contributed by atoms with Gasteiger partial charge >= 0.3 is 5.97 Å². The second-order valence-electron chi connectivity index (χ2n) is 6.55. The Kier molecular flexibility index (Phi) is 9.08. The predicted molar refractivity (Wildman–Crippen MR) is 110 cm³/mol. The number of hydrogen-bond donors (Lipinski definition) is 1. The molecular formula is C23H26O6. The van der Waals surface area contributed by atoms with Crippen molar-refractivity contribution in [3.05, 3.63) is 65.7 Å². The van der Waals surface area contributed by atoms with E-state index >= 15 is 0 Å². The highest BCUT2D eigenvalue weighted by Crippen LogP contribution is 2.16. The summed E-state index contributed by atoms with van der Waals surface area (Å²) in [5, 5.41) is 10.1. The summed E-state index contributed by atoms with van der Waals surface area (Å²) in [6.45, 7) is 1.53. The summed E-state index contributed by atoms with van der Waals surface area (Å²) in [6.07, 6.45) is 3.63. The third kappa shape index (κ3) is 8.72. The number of aliphatic hydroxyl groups is 1. The summed E-state index contributed by atoms with van der Waals surface area (Å²) in [5.41, 5.74) is 1.87. The Morgan fingerprint density at radius 3 is 2.31 bits per heavy atom. The highest BCUT2D eigenvalue weighted by Gasteiger charge is 2.09. The molecule has 0 heterocycles. The van der Waals surface area contributed by atoms with Crippen LogP contribution in [-0.4, -0.2) is 36.9 Å². The van der Waals surface area contributed by atoms with Crippen LogP contribution in [0.25, 0.3) is 6.08 Å². The highest BCUT2D eigenvalue weighted by atomic mass is 16.7. The zero-order valence-electron chi connectivity index (χ0n) is 16.7.